The van der Waals surface area contributed by atoms with Crippen molar-refractivity contribution in [3.05, 3.63) is 29.8 Å². The third kappa shape index (κ3) is 3.47. The minimum Gasteiger partial charge on any atom is -0.497 e. The molecular formula is C15H26N2O. The molecule has 2 N–H and O–H groups in total. The molecule has 0 saturated carbocycles. The number of methoxy groups -OCH3 is 1. The number of rotatable bonds is 7. The van der Waals surface area contributed by atoms with Crippen LogP contribution in [0.15, 0.2) is 24.3 Å². The summed E-state index contributed by atoms with van der Waals surface area (Å²) in [5.41, 5.74) is 7.31. The second-order valence-corrected chi connectivity index (χ2v) is 4.92. The number of hydrogen-bond acceptors (Lipinski definition) is 3. The van der Waals surface area contributed by atoms with E-state index < -0.39 is 0 Å². The minimum absolute atomic E-state index is 0.0781. The molecule has 0 aliphatic heterocycles. The molecule has 102 valence electrons. The molecule has 3 heteroatoms. The van der Waals surface area contributed by atoms with Gasteiger partial charge in [0.05, 0.1) is 7.11 Å². The van der Waals surface area contributed by atoms with Crippen molar-refractivity contribution in [2.45, 2.75) is 39.3 Å². The third-order valence-electron chi connectivity index (χ3n) is 3.88. The SMILES string of the molecule is CCN(Cc1ccc(OC)cc1)C(C)(CC)CN. The van der Waals surface area contributed by atoms with Crippen molar-refractivity contribution in [1.29, 1.82) is 0 Å². The summed E-state index contributed by atoms with van der Waals surface area (Å²) in [6.45, 7) is 9.25. The highest BCUT2D eigenvalue weighted by Crippen LogP contribution is 2.21. The smallest absolute Gasteiger partial charge is 0.118 e. The lowest BCUT2D eigenvalue weighted by atomic mass is 9.95. The van der Waals surface area contributed by atoms with Crippen molar-refractivity contribution >= 4 is 0 Å². The second kappa shape index (κ2) is 6.76. The molecule has 1 atom stereocenters. The third-order valence-corrected chi connectivity index (χ3v) is 3.88. The zero-order valence-electron chi connectivity index (χ0n) is 12.1. The van der Waals surface area contributed by atoms with Crippen LogP contribution in [0, 0.1) is 0 Å². The van der Waals surface area contributed by atoms with E-state index in [0.29, 0.717) is 6.54 Å². The fourth-order valence-electron chi connectivity index (χ4n) is 2.13. The van der Waals surface area contributed by atoms with Gasteiger partial charge < -0.3 is 10.5 Å². The second-order valence-electron chi connectivity index (χ2n) is 4.92. The van der Waals surface area contributed by atoms with E-state index in [1.54, 1.807) is 7.11 Å². The maximum atomic E-state index is 5.93. The monoisotopic (exact) mass is 250 g/mol. The molecule has 0 spiro atoms. The van der Waals surface area contributed by atoms with E-state index in [-0.39, 0.29) is 5.54 Å². The van der Waals surface area contributed by atoms with Crippen molar-refractivity contribution in [1.82, 2.24) is 4.90 Å². The van der Waals surface area contributed by atoms with Crippen molar-refractivity contribution in [2.24, 2.45) is 5.73 Å². The molecule has 1 unspecified atom stereocenters. The van der Waals surface area contributed by atoms with E-state index in [2.05, 4.69) is 37.8 Å². The summed E-state index contributed by atoms with van der Waals surface area (Å²) >= 11 is 0. The van der Waals surface area contributed by atoms with Crippen LogP contribution in [0.25, 0.3) is 0 Å². The fourth-order valence-corrected chi connectivity index (χ4v) is 2.13. The number of nitrogens with two attached hydrogens (primary N) is 1. The summed E-state index contributed by atoms with van der Waals surface area (Å²) < 4.78 is 5.18. The zero-order chi connectivity index (χ0) is 13.6. The van der Waals surface area contributed by atoms with E-state index in [1.165, 1.54) is 5.56 Å². The lowest BCUT2D eigenvalue weighted by Gasteiger charge is -2.39. The largest absolute Gasteiger partial charge is 0.497 e. The van der Waals surface area contributed by atoms with Gasteiger partial charge in [0.25, 0.3) is 0 Å². The summed E-state index contributed by atoms with van der Waals surface area (Å²) in [5.74, 6) is 0.902. The van der Waals surface area contributed by atoms with Gasteiger partial charge in [0.15, 0.2) is 0 Å². The fraction of sp³-hybridized carbons (Fsp3) is 0.600. The van der Waals surface area contributed by atoms with Gasteiger partial charge >= 0.3 is 0 Å². The van der Waals surface area contributed by atoms with Crippen LogP contribution in [0.1, 0.15) is 32.8 Å². The number of benzene rings is 1. The topological polar surface area (TPSA) is 38.5 Å². The van der Waals surface area contributed by atoms with Crippen LogP contribution < -0.4 is 10.5 Å². The van der Waals surface area contributed by atoms with Crippen LogP contribution in [0.2, 0.25) is 0 Å². The minimum atomic E-state index is 0.0781. The average molecular weight is 250 g/mol. The van der Waals surface area contributed by atoms with Gasteiger partial charge in [-0.1, -0.05) is 26.0 Å². The van der Waals surface area contributed by atoms with Gasteiger partial charge in [0.2, 0.25) is 0 Å². The van der Waals surface area contributed by atoms with Crippen LogP contribution in [0.4, 0.5) is 0 Å². The number of ether oxygens (including phenoxy) is 1. The molecule has 1 aromatic rings. The van der Waals surface area contributed by atoms with E-state index >= 15 is 0 Å². The van der Waals surface area contributed by atoms with Gasteiger partial charge in [-0.3, -0.25) is 4.90 Å². The maximum absolute atomic E-state index is 5.93. The van der Waals surface area contributed by atoms with Gasteiger partial charge in [-0.15, -0.1) is 0 Å². The molecule has 18 heavy (non-hydrogen) atoms. The Morgan fingerprint density at radius 3 is 2.22 bits per heavy atom. The van der Waals surface area contributed by atoms with Gasteiger partial charge in [-0.2, -0.15) is 0 Å². The summed E-state index contributed by atoms with van der Waals surface area (Å²) in [6, 6.07) is 8.26. The highest BCUT2D eigenvalue weighted by molar-refractivity contribution is 5.27. The Hall–Kier alpha value is -1.06. The molecular weight excluding hydrogens is 224 g/mol. The standard InChI is InChI=1S/C15H26N2O/c1-5-15(3,12-16)17(6-2)11-13-7-9-14(18-4)10-8-13/h7-10H,5-6,11-12,16H2,1-4H3. The first-order valence-electron chi connectivity index (χ1n) is 6.67. The Morgan fingerprint density at radius 2 is 1.83 bits per heavy atom. The van der Waals surface area contributed by atoms with Crippen molar-refractivity contribution < 1.29 is 4.74 Å². The van der Waals surface area contributed by atoms with Gasteiger partial charge in [-0.05, 0) is 37.6 Å². The molecule has 0 aromatic heterocycles. The predicted octanol–water partition coefficient (Wildman–Crippen LogP) is 2.64. The maximum Gasteiger partial charge on any atom is 0.118 e. The molecule has 1 rings (SSSR count). The number of hydrogen-bond donors (Lipinski definition) is 1. The first-order valence-corrected chi connectivity index (χ1v) is 6.67. The predicted molar refractivity (Wildman–Crippen MR) is 76.8 cm³/mol. The summed E-state index contributed by atoms with van der Waals surface area (Å²) in [4.78, 5) is 2.44. The van der Waals surface area contributed by atoms with E-state index in [9.17, 15) is 0 Å². The van der Waals surface area contributed by atoms with E-state index in [1.807, 2.05) is 12.1 Å². The van der Waals surface area contributed by atoms with Gasteiger partial charge in [-0.25, -0.2) is 0 Å². The van der Waals surface area contributed by atoms with E-state index in [4.69, 9.17) is 10.5 Å². The first-order chi connectivity index (χ1) is 8.59. The molecule has 0 heterocycles. The zero-order valence-corrected chi connectivity index (χ0v) is 12.1. The van der Waals surface area contributed by atoms with Crippen molar-refractivity contribution in [3.8, 4) is 5.75 Å². The summed E-state index contributed by atoms with van der Waals surface area (Å²) in [6.07, 6.45) is 1.06. The summed E-state index contributed by atoms with van der Waals surface area (Å²) in [7, 11) is 1.69. The van der Waals surface area contributed by atoms with Gasteiger partial charge in [0, 0.05) is 18.6 Å². The average Bonchev–Trinajstić information content (AvgIpc) is 2.44. The molecule has 0 amide bonds. The molecule has 0 radical (unpaired) electrons. The van der Waals surface area contributed by atoms with E-state index in [0.717, 1.165) is 25.3 Å². The molecule has 0 aliphatic carbocycles. The molecule has 1 aromatic carbocycles. The Bertz CT molecular complexity index is 344. The Kier molecular flexibility index (Phi) is 5.63. The molecule has 0 bridgehead atoms. The Labute approximate surface area is 111 Å². The number of nitrogens with zero attached hydrogens (tertiary/aromatic N) is 1. The Morgan fingerprint density at radius 1 is 1.22 bits per heavy atom. The highest BCUT2D eigenvalue weighted by atomic mass is 16.5. The number of likely N-dealkylation sites (N-methyl/N-ethyl adjacent to an activating group) is 1. The normalized spacial score (nSPS) is 14.6. The first kappa shape index (κ1) is 15.0. The van der Waals surface area contributed by atoms with Crippen LogP contribution in [-0.2, 0) is 6.54 Å². The molecule has 0 saturated heterocycles. The van der Waals surface area contributed by atoms with Gasteiger partial charge in [0.1, 0.15) is 5.75 Å². The molecule has 0 fully saturated rings. The molecule has 3 nitrogen and oxygen atoms in total. The van der Waals surface area contributed by atoms with Crippen LogP contribution in [-0.4, -0.2) is 30.6 Å². The lowest BCUT2D eigenvalue weighted by Crippen LogP contribution is -2.50. The quantitative estimate of drug-likeness (QED) is 0.808. The highest BCUT2D eigenvalue weighted by Gasteiger charge is 2.27. The van der Waals surface area contributed by atoms with Crippen LogP contribution >= 0.6 is 0 Å². The molecule has 0 aliphatic rings. The Balaban J connectivity index is 2.78. The van der Waals surface area contributed by atoms with Crippen LogP contribution in [0.3, 0.4) is 0 Å². The van der Waals surface area contributed by atoms with Crippen LogP contribution in [0.5, 0.6) is 5.75 Å². The van der Waals surface area contributed by atoms with Crippen molar-refractivity contribution in [3.63, 3.8) is 0 Å². The lowest BCUT2D eigenvalue weighted by molar-refractivity contribution is 0.104. The summed E-state index contributed by atoms with van der Waals surface area (Å²) in [5, 5.41) is 0. The van der Waals surface area contributed by atoms with Crippen molar-refractivity contribution in [2.75, 3.05) is 20.2 Å².